The van der Waals surface area contributed by atoms with Gasteiger partial charge in [-0.05, 0) is 25.1 Å². The number of methoxy groups -OCH3 is 3. The summed E-state index contributed by atoms with van der Waals surface area (Å²) in [4.78, 5) is 59.1. The van der Waals surface area contributed by atoms with Crippen LogP contribution in [0.1, 0.15) is 49.3 Å². The van der Waals surface area contributed by atoms with Gasteiger partial charge < -0.3 is 50.0 Å². The molecule has 16 heteroatoms. The average Bonchev–Trinajstić information content (AvgIpc) is 3.41. The number of nitrogen functional groups attached to an aromatic ring is 1. The van der Waals surface area contributed by atoms with Crippen LogP contribution in [0.25, 0.3) is 32.3 Å². The average molecular weight is 711 g/mol. The van der Waals surface area contributed by atoms with Crippen LogP contribution in [0.5, 0.6) is 40.2 Å². The van der Waals surface area contributed by atoms with Gasteiger partial charge in [0.25, 0.3) is 5.56 Å². The molecule has 1 aliphatic carbocycles. The van der Waals surface area contributed by atoms with Crippen molar-refractivity contribution in [2.75, 3.05) is 27.1 Å². The second-order valence-electron chi connectivity index (χ2n) is 12.3. The topological polar surface area (TPSA) is 246 Å². The molecule has 6 aromatic rings. The largest absolute Gasteiger partial charge is 0.508 e. The van der Waals surface area contributed by atoms with Crippen LogP contribution in [0, 0.1) is 6.92 Å². The number of imidazole rings is 1. The molecule has 1 atom stereocenters. The molecule has 0 aliphatic heterocycles. The Labute approximate surface area is 292 Å². The maximum absolute atomic E-state index is 14.4. The number of nitrogens with two attached hydrogens (primary N) is 1. The SMILES string of the molecule is COc1c2c(cc3c1c(OC)c(OC)c1c(O)c4cc(C)n(C(Cc5cn(C)c(N)n5)C(=O)O)c(=O)c4c(O)c13)C(=O)c1cc(O)cc(O)c1C2=O. The first-order valence-corrected chi connectivity index (χ1v) is 15.5. The minimum absolute atomic E-state index is 0.00592. The molecular formula is C36H30N4O12. The van der Waals surface area contributed by atoms with Crippen LogP contribution < -0.4 is 25.5 Å². The fraction of sp³-hybridized carbons (Fsp3) is 0.194. The summed E-state index contributed by atoms with van der Waals surface area (Å²) in [7, 11) is 5.38. The molecule has 1 aliphatic rings. The summed E-state index contributed by atoms with van der Waals surface area (Å²) in [5, 5.41) is 54.0. The maximum Gasteiger partial charge on any atom is 0.327 e. The van der Waals surface area contributed by atoms with Gasteiger partial charge in [0.1, 0.15) is 34.8 Å². The molecule has 7 N–H and O–H groups in total. The van der Waals surface area contributed by atoms with E-state index in [2.05, 4.69) is 4.98 Å². The lowest BCUT2D eigenvalue weighted by Gasteiger charge is -2.25. The molecule has 0 radical (unpaired) electrons. The third kappa shape index (κ3) is 4.43. The van der Waals surface area contributed by atoms with Gasteiger partial charge in [0.15, 0.2) is 23.2 Å². The molecule has 0 bridgehead atoms. The number of fused-ring (bicyclic) bond motifs is 6. The van der Waals surface area contributed by atoms with Gasteiger partial charge in [-0.2, -0.15) is 0 Å². The number of carbonyl (C=O) groups excluding carboxylic acids is 2. The van der Waals surface area contributed by atoms with Crippen molar-refractivity contribution < 1.29 is 54.1 Å². The van der Waals surface area contributed by atoms with Crippen molar-refractivity contribution in [1.29, 1.82) is 0 Å². The molecule has 16 nitrogen and oxygen atoms in total. The van der Waals surface area contributed by atoms with E-state index >= 15 is 0 Å². The molecule has 0 fully saturated rings. The fourth-order valence-electron chi connectivity index (χ4n) is 7.27. The number of aliphatic carboxylic acids is 1. The number of aromatic nitrogens is 3. The highest BCUT2D eigenvalue weighted by molar-refractivity contribution is 6.34. The van der Waals surface area contributed by atoms with Crippen molar-refractivity contribution in [3.8, 4) is 40.2 Å². The summed E-state index contributed by atoms with van der Waals surface area (Å²) in [6.07, 6.45) is 1.27. The van der Waals surface area contributed by atoms with Gasteiger partial charge in [-0.15, -0.1) is 0 Å². The van der Waals surface area contributed by atoms with Crippen molar-refractivity contribution in [1.82, 2.24) is 14.1 Å². The normalized spacial score (nSPS) is 13.0. The predicted octanol–water partition coefficient (Wildman–Crippen LogP) is 3.42. The highest BCUT2D eigenvalue weighted by Gasteiger charge is 2.39. The Kier molecular flexibility index (Phi) is 7.44. The zero-order valence-electron chi connectivity index (χ0n) is 28.2. The lowest BCUT2D eigenvalue weighted by molar-refractivity contribution is -0.141. The Morgan fingerprint density at radius 3 is 2.04 bits per heavy atom. The first-order chi connectivity index (χ1) is 24.7. The number of nitrogens with zero attached hydrogens (tertiary/aromatic N) is 3. The van der Waals surface area contributed by atoms with Gasteiger partial charge in [0, 0.05) is 58.7 Å². The fourth-order valence-corrected chi connectivity index (χ4v) is 7.27. The van der Waals surface area contributed by atoms with E-state index in [0.717, 1.165) is 16.7 Å². The standard InChI is InChI=1S/C36H30N4O12/c1-12-6-16-24(34(47)40(12)19(35(48)49)7-13-11-39(2)36(37)38-13)30(46)22-15-10-18-23(29(45)21-17(27(18)43)8-14(41)9-20(21)42)31(50-3)25(15)32(51-4)33(52-5)26(22)28(16)44/h6,8-11,19,41-42,44,46H,7H2,1-5H3,(H2,37,38)(H,48,49). The third-order valence-corrected chi connectivity index (χ3v) is 9.48. The van der Waals surface area contributed by atoms with E-state index in [0.29, 0.717) is 0 Å². The number of carboxylic acid groups (broad SMARTS) is 1. The minimum atomic E-state index is -1.52. The first kappa shape index (κ1) is 33.5. The van der Waals surface area contributed by atoms with E-state index in [1.54, 1.807) is 7.05 Å². The number of ketones is 2. The van der Waals surface area contributed by atoms with Gasteiger partial charge >= 0.3 is 5.97 Å². The lowest BCUT2D eigenvalue weighted by atomic mass is 9.80. The predicted molar refractivity (Wildman–Crippen MR) is 186 cm³/mol. The van der Waals surface area contributed by atoms with Crippen LogP contribution in [-0.4, -0.2) is 78.5 Å². The van der Waals surface area contributed by atoms with Crippen molar-refractivity contribution in [2.24, 2.45) is 7.05 Å². The molecule has 1 unspecified atom stereocenters. The number of hydrogen-bond acceptors (Lipinski definition) is 13. The van der Waals surface area contributed by atoms with Gasteiger partial charge in [0.2, 0.25) is 5.78 Å². The zero-order valence-corrected chi connectivity index (χ0v) is 28.2. The first-order valence-electron chi connectivity index (χ1n) is 15.5. The summed E-state index contributed by atoms with van der Waals surface area (Å²) in [6.45, 7) is 1.47. The van der Waals surface area contributed by atoms with Crippen LogP contribution in [0.3, 0.4) is 0 Å². The van der Waals surface area contributed by atoms with E-state index < -0.39 is 57.5 Å². The minimum Gasteiger partial charge on any atom is -0.508 e. The van der Waals surface area contributed by atoms with Gasteiger partial charge in [-0.25, -0.2) is 9.78 Å². The molecule has 4 aromatic carbocycles. The molecule has 266 valence electrons. The number of carbonyl (C=O) groups is 3. The molecule has 0 saturated carbocycles. The second-order valence-corrected chi connectivity index (χ2v) is 12.3. The van der Waals surface area contributed by atoms with Gasteiger partial charge in [0.05, 0.1) is 54.3 Å². The van der Waals surface area contributed by atoms with Crippen LogP contribution in [0.15, 0.2) is 35.3 Å². The Balaban J connectivity index is 1.64. The van der Waals surface area contributed by atoms with Crippen molar-refractivity contribution in [2.45, 2.75) is 19.4 Å². The van der Waals surface area contributed by atoms with Crippen LogP contribution in [-0.2, 0) is 18.3 Å². The van der Waals surface area contributed by atoms with Gasteiger partial charge in [-0.1, -0.05) is 0 Å². The van der Waals surface area contributed by atoms with E-state index in [1.165, 1.54) is 51.1 Å². The number of benzene rings is 4. The quantitative estimate of drug-likeness (QED) is 0.0789. The highest BCUT2D eigenvalue weighted by atomic mass is 16.5. The van der Waals surface area contributed by atoms with Crippen molar-refractivity contribution >= 4 is 55.8 Å². The molecule has 2 aromatic heterocycles. The van der Waals surface area contributed by atoms with Gasteiger partial charge in [-0.3, -0.25) is 19.0 Å². The summed E-state index contributed by atoms with van der Waals surface area (Å²) < 4.78 is 19.6. The Hall–Kier alpha value is -6.97. The Bertz CT molecular complexity index is 2670. The smallest absolute Gasteiger partial charge is 0.327 e. The highest BCUT2D eigenvalue weighted by Crippen LogP contribution is 2.56. The van der Waals surface area contributed by atoms with Crippen LogP contribution >= 0.6 is 0 Å². The number of rotatable bonds is 7. The summed E-state index contributed by atoms with van der Waals surface area (Å²) in [5.74, 6) is -5.68. The molecule has 7 rings (SSSR count). The molecule has 2 heterocycles. The molecule has 52 heavy (non-hydrogen) atoms. The van der Waals surface area contributed by atoms with E-state index in [4.69, 9.17) is 19.9 Å². The zero-order chi connectivity index (χ0) is 37.7. The van der Waals surface area contributed by atoms with Crippen LogP contribution in [0.2, 0.25) is 0 Å². The van der Waals surface area contributed by atoms with E-state index in [-0.39, 0.29) is 90.2 Å². The number of aryl methyl sites for hydroxylation is 2. The number of anilines is 1. The number of phenols is 4. The maximum atomic E-state index is 14.4. The third-order valence-electron chi connectivity index (χ3n) is 9.48. The summed E-state index contributed by atoms with van der Waals surface area (Å²) in [5.41, 5.74) is 4.09. The number of phenolic OH excluding ortho intramolecular Hbond substituents is 4. The number of hydrogen-bond donors (Lipinski definition) is 6. The summed E-state index contributed by atoms with van der Waals surface area (Å²) >= 11 is 0. The second kappa shape index (κ2) is 11.5. The monoisotopic (exact) mass is 710 g/mol. The van der Waals surface area contributed by atoms with Crippen LogP contribution in [0.4, 0.5) is 5.95 Å². The Morgan fingerprint density at radius 1 is 0.808 bits per heavy atom. The number of carboxylic acids is 1. The number of ether oxygens (including phenoxy) is 3. The number of pyridine rings is 1. The molecule has 0 amide bonds. The Morgan fingerprint density at radius 2 is 1.44 bits per heavy atom. The molecule has 0 saturated heterocycles. The lowest BCUT2D eigenvalue weighted by Crippen LogP contribution is -2.33. The number of aromatic hydroxyl groups is 4. The van der Waals surface area contributed by atoms with Crippen molar-refractivity contribution in [3.63, 3.8) is 0 Å². The van der Waals surface area contributed by atoms with E-state index in [1.807, 2.05) is 0 Å². The molecular weight excluding hydrogens is 680 g/mol. The van der Waals surface area contributed by atoms with E-state index in [9.17, 15) is 44.7 Å². The molecule has 0 spiro atoms. The summed E-state index contributed by atoms with van der Waals surface area (Å²) in [6, 6.07) is 3.01. The van der Waals surface area contributed by atoms with Crippen molar-refractivity contribution in [3.05, 3.63) is 74.5 Å².